The Hall–Kier alpha value is -0.120. The van der Waals surface area contributed by atoms with Crippen LogP contribution in [0.25, 0.3) is 0 Å². The van der Waals surface area contributed by atoms with Crippen LogP contribution < -0.4 is 0 Å². The summed E-state index contributed by atoms with van der Waals surface area (Å²) in [4.78, 5) is 4.83. The molecule has 0 saturated carbocycles. The first-order valence-corrected chi connectivity index (χ1v) is 6.46. The Balaban J connectivity index is 2.36. The number of aliphatic hydroxyl groups is 1. The molecule has 0 bridgehead atoms. The SMILES string of the molecule is CN1CCC(CN(C)C(C)(C)CCO)CC1. The Kier molecular flexibility index (Phi) is 5.22. The summed E-state index contributed by atoms with van der Waals surface area (Å²) in [6.45, 7) is 8.36. The second kappa shape index (κ2) is 5.99. The molecule has 0 aromatic heterocycles. The summed E-state index contributed by atoms with van der Waals surface area (Å²) >= 11 is 0. The molecule has 0 amide bonds. The number of nitrogens with zero attached hydrogens (tertiary/aromatic N) is 2. The average molecular weight is 228 g/mol. The molecule has 0 radical (unpaired) electrons. The van der Waals surface area contributed by atoms with Crippen molar-refractivity contribution in [3.63, 3.8) is 0 Å². The fourth-order valence-corrected chi connectivity index (χ4v) is 2.34. The number of hydrogen-bond donors (Lipinski definition) is 1. The molecule has 1 fully saturated rings. The molecule has 0 spiro atoms. The maximum Gasteiger partial charge on any atom is 0.0448 e. The third-order valence-corrected chi connectivity index (χ3v) is 4.13. The Bertz CT molecular complexity index is 198. The van der Waals surface area contributed by atoms with Crippen molar-refractivity contribution >= 4 is 0 Å². The first-order chi connectivity index (χ1) is 7.45. The molecule has 1 aliphatic heterocycles. The molecule has 0 aromatic rings. The van der Waals surface area contributed by atoms with Gasteiger partial charge in [-0.3, -0.25) is 0 Å². The van der Waals surface area contributed by atoms with Crippen LogP contribution >= 0.6 is 0 Å². The van der Waals surface area contributed by atoms with Crippen molar-refractivity contribution in [2.45, 2.75) is 38.6 Å². The van der Waals surface area contributed by atoms with Gasteiger partial charge in [0.2, 0.25) is 0 Å². The Morgan fingerprint density at radius 1 is 1.31 bits per heavy atom. The Morgan fingerprint density at radius 3 is 2.38 bits per heavy atom. The van der Waals surface area contributed by atoms with Gasteiger partial charge in [-0.05, 0) is 66.2 Å². The molecule has 3 nitrogen and oxygen atoms in total. The average Bonchev–Trinajstić information content (AvgIpc) is 2.21. The molecule has 1 rings (SSSR count). The molecule has 96 valence electrons. The Labute approximate surface area is 100 Å². The van der Waals surface area contributed by atoms with Crippen molar-refractivity contribution in [3.05, 3.63) is 0 Å². The zero-order chi connectivity index (χ0) is 12.2. The van der Waals surface area contributed by atoms with Crippen LogP contribution in [0, 0.1) is 5.92 Å². The fraction of sp³-hybridized carbons (Fsp3) is 1.00. The van der Waals surface area contributed by atoms with Crippen LogP contribution in [0.2, 0.25) is 0 Å². The smallest absolute Gasteiger partial charge is 0.0448 e. The summed E-state index contributed by atoms with van der Waals surface area (Å²) in [5, 5.41) is 9.06. The predicted molar refractivity (Wildman–Crippen MR) is 68.6 cm³/mol. The summed E-state index contributed by atoms with van der Waals surface area (Å²) in [5.74, 6) is 0.833. The molecule has 0 atom stereocenters. The van der Waals surface area contributed by atoms with Crippen molar-refractivity contribution in [2.24, 2.45) is 5.92 Å². The molecular weight excluding hydrogens is 200 g/mol. The van der Waals surface area contributed by atoms with Gasteiger partial charge in [-0.1, -0.05) is 0 Å². The van der Waals surface area contributed by atoms with E-state index in [1.807, 2.05) is 0 Å². The van der Waals surface area contributed by atoms with E-state index >= 15 is 0 Å². The van der Waals surface area contributed by atoms with Crippen LogP contribution in [-0.2, 0) is 0 Å². The third-order valence-electron chi connectivity index (χ3n) is 4.13. The van der Waals surface area contributed by atoms with Gasteiger partial charge in [-0.15, -0.1) is 0 Å². The number of likely N-dealkylation sites (tertiary alicyclic amines) is 1. The van der Waals surface area contributed by atoms with E-state index < -0.39 is 0 Å². The van der Waals surface area contributed by atoms with Gasteiger partial charge in [0.15, 0.2) is 0 Å². The second-order valence-electron chi connectivity index (χ2n) is 5.91. The number of rotatable bonds is 5. The monoisotopic (exact) mass is 228 g/mol. The van der Waals surface area contributed by atoms with Gasteiger partial charge in [-0.25, -0.2) is 0 Å². The maximum atomic E-state index is 9.06. The number of piperidine rings is 1. The molecular formula is C13H28N2O. The van der Waals surface area contributed by atoms with Gasteiger partial charge in [0, 0.05) is 18.7 Å². The van der Waals surface area contributed by atoms with E-state index in [0.717, 1.165) is 12.3 Å². The maximum absolute atomic E-state index is 9.06. The van der Waals surface area contributed by atoms with Gasteiger partial charge in [-0.2, -0.15) is 0 Å². The van der Waals surface area contributed by atoms with Crippen molar-refractivity contribution < 1.29 is 5.11 Å². The van der Waals surface area contributed by atoms with Crippen LogP contribution in [0.1, 0.15) is 33.1 Å². The van der Waals surface area contributed by atoms with Crippen molar-refractivity contribution in [1.29, 1.82) is 0 Å². The van der Waals surface area contributed by atoms with Gasteiger partial charge >= 0.3 is 0 Å². The lowest BCUT2D eigenvalue weighted by Crippen LogP contribution is -2.46. The molecule has 1 aliphatic rings. The van der Waals surface area contributed by atoms with E-state index in [-0.39, 0.29) is 12.1 Å². The largest absolute Gasteiger partial charge is 0.396 e. The molecule has 3 heteroatoms. The van der Waals surface area contributed by atoms with Crippen LogP contribution in [0.3, 0.4) is 0 Å². The topological polar surface area (TPSA) is 26.7 Å². The summed E-state index contributed by atoms with van der Waals surface area (Å²) < 4.78 is 0. The highest BCUT2D eigenvalue weighted by molar-refractivity contribution is 4.82. The molecule has 1 N–H and O–H groups in total. The zero-order valence-electron chi connectivity index (χ0n) is 11.4. The molecule has 0 aliphatic carbocycles. The molecule has 1 heterocycles. The van der Waals surface area contributed by atoms with E-state index in [4.69, 9.17) is 5.11 Å². The van der Waals surface area contributed by atoms with Gasteiger partial charge < -0.3 is 14.9 Å². The van der Waals surface area contributed by atoms with Gasteiger partial charge in [0.05, 0.1) is 0 Å². The van der Waals surface area contributed by atoms with Crippen molar-refractivity contribution in [3.8, 4) is 0 Å². The molecule has 1 saturated heterocycles. The first kappa shape index (κ1) is 13.9. The molecule has 16 heavy (non-hydrogen) atoms. The van der Waals surface area contributed by atoms with Crippen LogP contribution in [-0.4, -0.2) is 60.8 Å². The van der Waals surface area contributed by atoms with E-state index in [0.29, 0.717) is 0 Å². The minimum Gasteiger partial charge on any atom is -0.396 e. The second-order valence-corrected chi connectivity index (χ2v) is 5.91. The lowest BCUT2D eigenvalue weighted by atomic mass is 9.93. The third kappa shape index (κ3) is 4.04. The normalized spacial score (nSPS) is 20.6. The summed E-state index contributed by atoms with van der Waals surface area (Å²) in [5.41, 5.74) is 0.123. The number of aliphatic hydroxyl groups excluding tert-OH is 1. The highest BCUT2D eigenvalue weighted by Gasteiger charge is 2.26. The fourth-order valence-electron chi connectivity index (χ4n) is 2.34. The highest BCUT2D eigenvalue weighted by Crippen LogP contribution is 2.22. The number of hydrogen-bond acceptors (Lipinski definition) is 3. The van der Waals surface area contributed by atoms with E-state index in [2.05, 4.69) is 37.7 Å². The summed E-state index contributed by atoms with van der Waals surface area (Å²) in [6.07, 6.45) is 3.49. The first-order valence-electron chi connectivity index (χ1n) is 6.46. The van der Waals surface area contributed by atoms with Crippen molar-refractivity contribution in [2.75, 3.05) is 40.3 Å². The summed E-state index contributed by atoms with van der Waals surface area (Å²) in [6, 6.07) is 0. The van der Waals surface area contributed by atoms with Gasteiger partial charge in [0.1, 0.15) is 0 Å². The Morgan fingerprint density at radius 2 is 1.88 bits per heavy atom. The highest BCUT2D eigenvalue weighted by atomic mass is 16.3. The van der Waals surface area contributed by atoms with Gasteiger partial charge in [0.25, 0.3) is 0 Å². The summed E-state index contributed by atoms with van der Waals surface area (Å²) in [7, 11) is 4.39. The van der Waals surface area contributed by atoms with Crippen molar-refractivity contribution in [1.82, 2.24) is 9.80 Å². The standard InChI is InChI=1S/C13H28N2O/c1-13(2,7-10-16)15(4)11-12-5-8-14(3)9-6-12/h12,16H,5-11H2,1-4H3. The van der Waals surface area contributed by atoms with E-state index in [1.165, 1.54) is 32.5 Å². The minimum atomic E-state index is 0.123. The quantitative estimate of drug-likeness (QED) is 0.771. The lowest BCUT2D eigenvalue weighted by Gasteiger charge is -2.39. The van der Waals surface area contributed by atoms with E-state index in [1.54, 1.807) is 0 Å². The minimum absolute atomic E-state index is 0.123. The molecule has 0 aromatic carbocycles. The van der Waals surface area contributed by atoms with E-state index in [9.17, 15) is 0 Å². The van der Waals surface area contributed by atoms with Crippen LogP contribution in [0.5, 0.6) is 0 Å². The van der Waals surface area contributed by atoms with Crippen LogP contribution in [0.15, 0.2) is 0 Å². The van der Waals surface area contributed by atoms with Crippen LogP contribution in [0.4, 0.5) is 0 Å². The zero-order valence-corrected chi connectivity index (χ0v) is 11.4. The molecule has 0 unspecified atom stereocenters. The lowest BCUT2D eigenvalue weighted by molar-refractivity contribution is 0.0828. The predicted octanol–water partition coefficient (Wildman–Crippen LogP) is 1.42.